The average molecular weight is 1200 g/mol. The molecule has 474 valence electrons. The lowest BCUT2D eigenvalue weighted by Gasteiger charge is -2.55. The molecular formula is C57H86N8O20. The van der Waals surface area contributed by atoms with E-state index in [1.165, 1.54) is 15.2 Å². The summed E-state index contributed by atoms with van der Waals surface area (Å²) in [5, 5.41) is 31.1. The van der Waals surface area contributed by atoms with Gasteiger partial charge in [-0.1, -0.05) is 6.92 Å². The van der Waals surface area contributed by atoms with Gasteiger partial charge in [0.1, 0.15) is 86.4 Å². The molecule has 10 aliphatic heterocycles. The Bertz CT molecular complexity index is 2350. The summed E-state index contributed by atoms with van der Waals surface area (Å²) in [4.78, 5) is 163. The van der Waals surface area contributed by atoms with Gasteiger partial charge in [-0.2, -0.15) is 25.3 Å². The quantitative estimate of drug-likeness (QED) is 0.0997. The third-order valence-corrected chi connectivity index (χ3v) is 19.3. The number of carboxylic acids is 2. The predicted octanol–water partition coefficient (Wildman–Crippen LogP) is 0.317. The van der Waals surface area contributed by atoms with E-state index in [2.05, 4.69) is 0 Å². The fraction of sp³-hybridized carbons (Fsp3) is 0.842. The van der Waals surface area contributed by atoms with Gasteiger partial charge >= 0.3 is 17.9 Å². The van der Waals surface area contributed by atoms with Crippen molar-refractivity contribution < 1.29 is 96.6 Å². The molecule has 0 aromatic heterocycles. The molecule has 19 atom stereocenters. The van der Waals surface area contributed by atoms with Crippen LogP contribution in [0.1, 0.15) is 123 Å². The van der Waals surface area contributed by atoms with Gasteiger partial charge in [-0.25, -0.2) is 4.79 Å². The summed E-state index contributed by atoms with van der Waals surface area (Å²) in [5.74, 6) is -6.87. The Hall–Kier alpha value is -4.21. The zero-order valence-corrected chi connectivity index (χ0v) is 48.8. The van der Waals surface area contributed by atoms with Gasteiger partial charge in [0.05, 0.1) is 61.7 Å². The lowest BCUT2D eigenvalue weighted by atomic mass is 9.79. The molecule has 28 heteroatoms. The van der Waals surface area contributed by atoms with E-state index in [9.17, 15) is 48.6 Å². The van der Waals surface area contributed by atoms with E-state index >= 15 is 4.79 Å². The van der Waals surface area contributed by atoms with Crippen molar-refractivity contribution in [3.63, 3.8) is 0 Å². The minimum atomic E-state index is -2.67. The maximum Gasteiger partial charge on any atom is 0.385 e. The number of carbonyl (C=O) groups is 9. The molecule has 2 N–H and O–H groups in total. The summed E-state index contributed by atoms with van der Waals surface area (Å²) in [6, 6.07) is -8.53. The van der Waals surface area contributed by atoms with Gasteiger partial charge in [-0.3, -0.25) is 43.6 Å². The lowest BCUT2D eigenvalue weighted by molar-refractivity contribution is -0.397. The normalized spacial score (nSPS) is 39.3. The molecule has 10 heterocycles. The van der Waals surface area contributed by atoms with E-state index in [-0.39, 0.29) is 52.2 Å². The van der Waals surface area contributed by atoms with Crippen molar-refractivity contribution >= 4 is 55.6 Å². The highest BCUT2D eigenvalue weighted by atomic mass is 16.8. The van der Waals surface area contributed by atoms with Crippen LogP contribution in [0, 0.1) is 5.92 Å². The molecule has 10 fully saturated rings. The molecule has 10 rings (SSSR count). The number of carboxylic acid groups (broad SMARTS) is 2. The Morgan fingerprint density at radius 2 is 1.02 bits per heavy atom. The number of aliphatic carboxylic acids is 2. The fourth-order valence-corrected chi connectivity index (χ4v) is 14.9. The maximum absolute atomic E-state index is 16.4. The van der Waals surface area contributed by atoms with Crippen molar-refractivity contribution in [2.45, 2.75) is 232 Å². The van der Waals surface area contributed by atoms with Crippen LogP contribution in [0.5, 0.6) is 0 Å². The molecule has 0 saturated carbocycles. The summed E-state index contributed by atoms with van der Waals surface area (Å²) in [6.07, 6.45) is 3.07. The van der Waals surface area contributed by atoms with Crippen molar-refractivity contribution in [1.82, 2.24) is 40.2 Å². The number of hydroxylamine groups is 12. The number of hydrogen-bond donors (Lipinski definition) is 2. The molecule has 0 spiro atoms. The Labute approximate surface area is 494 Å². The first-order valence-corrected chi connectivity index (χ1v) is 31.0. The molecule has 85 heavy (non-hydrogen) atoms. The number of likely N-dealkylation sites (tertiary alicyclic amines) is 2. The van der Waals surface area contributed by atoms with Crippen molar-refractivity contribution in [2.75, 3.05) is 65.6 Å². The Morgan fingerprint density at radius 1 is 0.553 bits per heavy atom. The highest BCUT2D eigenvalue weighted by molar-refractivity contribution is 5.79. The molecule has 0 aromatic carbocycles. The van der Waals surface area contributed by atoms with Gasteiger partial charge in [-0.15, -0.1) is 5.06 Å². The predicted molar refractivity (Wildman–Crippen MR) is 290 cm³/mol. The number of nitrogens with zero attached hydrogens (tertiary/aromatic N) is 8. The first-order valence-electron chi connectivity index (χ1n) is 31.0. The number of carbonyl (C=O) groups excluding carboxylic acids is 7. The van der Waals surface area contributed by atoms with E-state index in [1.54, 1.807) is 27.0 Å². The zero-order chi connectivity index (χ0) is 59.9. The SMILES string of the molecule is CC1OC(CON2CCC[C@H]2C=O)[C@H](ON2CCC[C@H]2C=O)[C@H](O[C@]2(C(=O)ON3CCC[C@H]3C=O)CC(N3CCC[C@H]3C(=O)O)[C@@H](C)[C@H]([C@@H]([C@@H](CON3CCC[C@H]3C=O)ON3CCC[C@H]3C=O)N3CCC[C@H]3C(=O)O)O2)C1ON1CCC[C@H]1C=O. The molecule has 0 radical (unpaired) electrons. The molecular weight excluding hydrogens is 1120 g/mol. The smallest absolute Gasteiger partial charge is 0.385 e. The Morgan fingerprint density at radius 3 is 1.60 bits per heavy atom. The van der Waals surface area contributed by atoms with Gasteiger partial charge < -0.3 is 58.0 Å². The molecule has 4 unspecified atom stereocenters. The Balaban J connectivity index is 1.16. The van der Waals surface area contributed by atoms with Gasteiger partial charge in [-0.05, 0) is 129 Å². The molecule has 10 aliphatic rings. The number of ether oxygens (including phenoxy) is 3. The molecule has 0 amide bonds. The summed E-state index contributed by atoms with van der Waals surface area (Å²) >= 11 is 0. The third-order valence-electron chi connectivity index (χ3n) is 19.3. The van der Waals surface area contributed by atoms with Gasteiger partial charge in [0.25, 0.3) is 5.79 Å². The standard InChI is InChI=1S/C57H86N8O20/c1-36-46(58-19-9-17-44(58)54(72)73)27-57(56(76)85-65-26-8-16-43(65)33-71,80-50(36)49(59-20-10-18-45(59)55(74)75)47(82-62-23-5-13-40(62)30-68)34-77-60-21-3-11-38(60)28-66)81-53-51(83-63-24-6-14-41(63)31-69)37(2)79-48(35-78-61-22-4-12-39(61)29-67)52(53)84-64-25-7-15-42(64)32-70/h28-33,36-53H,3-27,34-35H2,1-2H3,(H,72,73)(H,74,75)/t36-,37?,38+,39+,40+,41+,42+,43+,44+,45+,46?,47-,48?,49-,50-,51?,52+,53-,57+/m1/s1. The minimum Gasteiger partial charge on any atom is -0.480 e. The van der Waals surface area contributed by atoms with E-state index in [4.69, 9.17) is 43.2 Å². The highest BCUT2D eigenvalue weighted by Gasteiger charge is 2.64. The van der Waals surface area contributed by atoms with Crippen molar-refractivity contribution in [3.8, 4) is 0 Å². The zero-order valence-electron chi connectivity index (χ0n) is 48.8. The average Bonchev–Trinajstić information content (AvgIpc) is 1.61. The van der Waals surface area contributed by atoms with Gasteiger partial charge in [0, 0.05) is 51.7 Å². The first-order chi connectivity index (χ1) is 41.2. The van der Waals surface area contributed by atoms with E-state index in [0.717, 1.165) is 31.4 Å². The van der Waals surface area contributed by atoms with E-state index in [0.29, 0.717) is 122 Å². The monoisotopic (exact) mass is 1200 g/mol. The van der Waals surface area contributed by atoms with E-state index < -0.39 is 139 Å². The minimum absolute atomic E-state index is 0.144. The Kier molecular flexibility index (Phi) is 21.7. The van der Waals surface area contributed by atoms with Crippen LogP contribution >= 0.6 is 0 Å². The molecule has 10 saturated heterocycles. The van der Waals surface area contributed by atoms with Crippen LogP contribution in [0.2, 0.25) is 0 Å². The van der Waals surface area contributed by atoms with Crippen LogP contribution in [-0.4, -0.2) is 281 Å². The van der Waals surface area contributed by atoms with Gasteiger partial charge in [0.2, 0.25) is 0 Å². The van der Waals surface area contributed by atoms with Crippen LogP contribution < -0.4 is 0 Å². The largest absolute Gasteiger partial charge is 0.480 e. The highest BCUT2D eigenvalue weighted by Crippen LogP contribution is 2.47. The molecule has 0 aromatic rings. The molecule has 0 bridgehead atoms. The second-order valence-corrected chi connectivity index (χ2v) is 24.6. The van der Waals surface area contributed by atoms with Crippen LogP contribution in [-0.2, 0) is 86.4 Å². The maximum atomic E-state index is 16.4. The summed E-state index contributed by atoms with van der Waals surface area (Å²) in [5.41, 5.74) is 0. The lowest BCUT2D eigenvalue weighted by Crippen LogP contribution is -2.72. The van der Waals surface area contributed by atoms with Crippen molar-refractivity contribution in [2.24, 2.45) is 5.92 Å². The summed E-state index contributed by atoms with van der Waals surface area (Å²) < 4.78 is 22.1. The second kappa shape index (κ2) is 29.0. The number of rotatable bonds is 28. The summed E-state index contributed by atoms with van der Waals surface area (Å²) in [6.45, 7) is 5.35. The van der Waals surface area contributed by atoms with Gasteiger partial charge in [0.15, 0.2) is 0 Å². The molecule has 0 aliphatic carbocycles. The van der Waals surface area contributed by atoms with Crippen molar-refractivity contribution in [3.05, 3.63) is 0 Å². The number of hydrogen-bond acceptors (Lipinski definition) is 26. The first kappa shape index (κ1) is 63.8. The fourth-order valence-electron chi connectivity index (χ4n) is 14.9. The van der Waals surface area contributed by atoms with Crippen LogP contribution in [0.3, 0.4) is 0 Å². The van der Waals surface area contributed by atoms with Crippen molar-refractivity contribution in [1.29, 1.82) is 0 Å². The molecule has 28 nitrogen and oxygen atoms in total. The third kappa shape index (κ3) is 13.8. The second-order valence-electron chi connectivity index (χ2n) is 24.6. The van der Waals surface area contributed by atoms with Crippen LogP contribution in [0.15, 0.2) is 0 Å². The van der Waals surface area contributed by atoms with Crippen LogP contribution in [0.25, 0.3) is 0 Å². The number of aldehydes is 6. The topological polar surface area (TPSA) is 303 Å². The summed E-state index contributed by atoms with van der Waals surface area (Å²) in [7, 11) is 0. The van der Waals surface area contributed by atoms with Crippen LogP contribution in [0.4, 0.5) is 0 Å². The van der Waals surface area contributed by atoms with E-state index in [1.807, 2.05) is 11.8 Å².